The lowest BCUT2D eigenvalue weighted by Gasteiger charge is -2.19. The van der Waals surface area contributed by atoms with E-state index < -0.39 is 151 Å². The number of benzene rings is 4. The van der Waals surface area contributed by atoms with E-state index in [0.717, 1.165) is 0 Å². The molecule has 0 aliphatic rings. The van der Waals surface area contributed by atoms with Crippen molar-refractivity contribution in [2.75, 3.05) is 145 Å². The Morgan fingerprint density at radius 3 is 0.657 bits per heavy atom. The fourth-order valence-electron chi connectivity index (χ4n) is 12.9. The van der Waals surface area contributed by atoms with E-state index in [0.29, 0.717) is 107 Å². The maximum absolute atomic E-state index is 13.7. The van der Waals surface area contributed by atoms with Crippen LogP contribution < -0.4 is 72.8 Å². The molecule has 0 saturated heterocycles. The topological polar surface area (TPSA) is 762 Å². The number of amides is 3. The molecular weight excluding hydrogens is 2070 g/mol. The molecule has 4 aromatic carbocycles. The predicted molar refractivity (Wildman–Crippen MR) is 507 cm³/mol. The Kier molecular flexibility index (Phi) is 49.0. The highest BCUT2D eigenvalue weighted by Crippen LogP contribution is 2.44. The quantitative estimate of drug-likeness (QED) is 0.0179. The molecule has 0 aliphatic carbocycles. The van der Waals surface area contributed by atoms with Gasteiger partial charge in [-0.2, -0.15) is 67.3 Å². The van der Waals surface area contributed by atoms with Gasteiger partial charge in [-0.15, -0.1) is 15.3 Å². The van der Waals surface area contributed by atoms with Crippen LogP contribution in [0.5, 0.6) is 69.0 Å². The van der Waals surface area contributed by atoms with Gasteiger partial charge < -0.3 is 77.9 Å². The van der Waals surface area contributed by atoms with E-state index in [2.05, 4.69) is 46.9 Å². The van der Waals surface area contributed by atoms with Crippen LogP contribution in [0.4, 0.5) is 0 Å². The first-order chi connectivity index (χ1) is 67.4. The molecule has 3 heterocycles. The molecule has 12 N–H and O–H groups in total. The Morgan fingerprint density at radius 2 is 0.455 bits per heavy atom. The lowest BCUT2D eigenvalue weighted by Crippen LogP contribution is -2.25. The molecule has 143 heavy (non-hydrogen) atoms. The smallest absolute Gasteiger partial charge is 0.335 e. The molecule has 0 fully saturated rings. The maximum Gasteiger partial charge on any atom is 0.335 e. The van der Waals surface area contributed by atoms with Crippen molar-refractivity contribution in [3.63, 3.8) is 0 Å². The minimum atomic E-state index is -4.42. The van der Waals surface area contributed by atoms with Crippen LogP contribution in [0, 0.1) is 0 Å². The Morgan fingerprint density at radius 1 is 0.266 bits per heavy atom. The van der Waals surface area contributed by atoms with Crippen LogP contribution in [0.25, 0.3) is 0 Å². The second kappa shape index (κ2) is 58.9. The minimum absolute atomic E-state index is 0.00815. The van der Waals surface area contributed by atoms with Crippen molar-refractivity contribution in [1.29, 1.82) is 0 Å². The highest BCUT2D eigenvalue weighted by atomic mass is 32.2. The lowest BCUT2D eigenvalue weighted by atomic mass is 10.1. The average molecular weight is 2190 g/mol. The molecule has 802 valence electrons. The molecule has 0 atom stereocenters. The van der Waals surface area contributed by atoms with Crippen molar-refractivity contribution in [2.24, 2.45) is 0 Å². The summed E-state index contributed by atoms with van der Waals surface area (Å²) in [6, 6.07) is 10.3. The predicted octanol–water partition coefficient (Wildman–Crippen LogP) is 4.87. The Balaban J connectivity index is 0.977. The fourth-order valence-corrected chi connectivity index (χ4v) is 16.8. The molecule has 3 aromatic heterocycles. The normalized spacial score (nSPS) is 12.2. The number of carbonyl (C=O) groups excluding carboxylic acids is 3. The second-order valence-electron chi connectivity index (χ2n) is 31.9. The van der Waals surface area contributed by atoms with Crippen molar-refractivity contribution in [2.45, 2.75) is 161 Å². The van der Waals surface area contributed by atoms with Crippen LogP contribution in [0.2, 0.25) is 0 Å². The van der Waals surface area contributed by atoms with Gasteiger partial charge in [-0.05, 0) is 183 Å². The summed E-state index contributed by atoms with van der Waals surface area (Å²) in [5, 5.41) is 44.3. The number of carboxylic acid groups (broad SMARTS) is 1. The van der Waals surface area contributed by atoms with Gasteiger partial charge >= 0.3 is 5.97 Å². The first-order valence-electron chi connectivity index (χ1n) is 45.0. The molecule has 0 saturated carbocycles. The van der Waals surface area contributed by atoms with E-state index in [1.807, 2.05) is 6.92 Å². The summed E-state index contributed by atoms with van der Waals surface area (Å²) in [6.45, 7) is 0.721. The van der Waals surface area contributed by atoms with Crippen LogP contribution >= 0.6 is 0 Å². The third-order valence-electron chi connectivity index (χ3n) is 19.5. The molecule has 0 unspecified atom stereocenters. The zero-order chi connectivity index (χ0) is 105. The molecule has 53 nitrogen and oxygen atoms in total. The van der Waals surface area contributed by atoms with E-state index in [4.69, 9.17) is 56.8 Å². The summed E-state index contributed by atoms with van der Waals surface area (Å²) >= 11 is 0. The monoisotopic (exact) mass is 2180 g/mol. The highest BCUT2D eigenvalue weighted by molar-refractivity contribution is 7.87. The number of hydrogen-bond donors (Lipinski definition) is 12. The van der Waals surface area contributed by atoms with Crippen molar-refractivity contribution in [3.05, 3.63) is 106 Å². The fraction of sp³-hybridized carbons (Fsp3) is 0.585. The number of nitrogens with one attached hydrogen (secondary N) is 3. The van der Waals surface area contributed by atoms with Crippen molar-refractivity contribution < 1.29 is 185 Å². The first kappa shape index (κ1) is 119. The Labute approximate surface area is 827 Å². The summed E-state index contributed by atoms with van der Waals surface area (Å²) in [7, 11) is -35.1. The van der Waals surface area contributed by atoms with Crippen LogP contribution in [0.15, 0.2) is 67.1 Å². The largest absolute Gasteiger partial charge is 0.490 e. The standard InChI is InChI=1S/C82H120N12O41S8/c1-2-29-124-67-49-60(50-68(127-33-12-41-136(100,101)102)75(67)133-38-17-46-141(115,116)117)79(95)83-23-9-26-92-57-64(86-89-92)20-3-6-30-125-73-55-63(82(98)99)56-74(126-31-7-4-21-65-58-93(90-87-65)27-10-24-84-80(96)61-51-69(128-34-13-42-137(103,104)105)76(134-39-18-47-142(118,119)120)70(52-61)129-35-14-43-138(106,107)108)78(73)132-32-8-5-22-66-59-94(91-88-66)28-11-25-85-81(97)62-53-71(130-36-15-44-139(109,110)111)77(135-40-19-48-143(121,122)123)72(54-62)131-37-16-45-140(112,113)114/h49-59H,2-48H2,1H3,(H,83,95)(H,84,96)(H,85,97)(H,98,99)(H,100,101,102)(H,103,104,105)(H,106,107,108)(H,109,110,111)(H,112,113,114)(H,115,116,117)(H,118,119,120)(H,121,122,123). The third kappa shape index (κ3) is 49.9. The van der Waals surface area contributed by atoms with Crippen LogP contribution in [0.3, 0.4) is 0 Å². The highest BCUT2D eigenvalue weighted by Gasteiger charge is 2.27. The molecule has 0 bridgehead atoms. The van der Waals surface area contributed by atoms with E-state index in [-0.39, 0.29) is 255 Å². The van der Waals surface area contributed by atoms with Gasteiger partial charge in [0.05, 0.1) is 148 Å². The molecule has 61 heteroatoms. The molecule has 0 aliphatic heterocycles. The first-order valence-corrected chi connectivity index (χ1v) is 57.9. The number of ether oxygens (including phenoxy) is 12. The van der Waals surface area contributed by atoms with Crippen LogP contribution in [-0.2, 0) is 120 Å². The number of nitrogens with zero attached hydrogens (tertiary/aromatic N) is 9. The Bertz CT molecular complexity index is 6130. The zero-order valence-corrected chi connectivity index (χ0v) is 84.5. The van der Waals surface area contributed by atoms with Gasteiger partial charge in [-0.1, -0.05) is 22.6 Å². The minimum Gasteiger partial charge on any atom is -0.490 e. The molecule has 7 aromatic rings. The number of rotatable bonds is 77. The number of unbranched alkanes of at least 4 members (excludes halogenated alkanes) is 3. The molecule has 0 spiro atoms. The maximum atomic E-state index is 13.7. The second-order valence-corrected chi connectivity index (χ2v) is 44.5. The van der Waals surface area contributed by atoms with Crippen molar-refractivity contribution in [1.82, 2.24) is 60.9 Å². The van der Waals surface area contributed by atoms with Gasteiger partial charge in [-0.25, -0.2) is 4.79 Å². The van der Waals surface area contributed by atoms with Crippen molar-refractivity contribution in [3.8, 4) is 69.0 Å². The van der Waals surface area contributed by atoms with Crippen molar-refractivity contribution >= 4 is 105 Å². The molecule has 7 rings (SSSR count). The number of aromatic carboxylic acids is 1. The number of hydrogen-bond acceptors (Lipinski definition) is 38. The molecular formula is C82H120N12O41S8. The molecule has 3 amide bonds. The third-order valence-corrected chi connectivity index (χ3v) is 26.0. The lowest BCUT2D eigenvalue weighted by molar-refractivity contribution is 0.0694. The number of carboxylic acids is 1. The van der Waals surface area contributed by atoms with E-state index >= 15 is 0 Å². The van der Waals surface area contributed by atoms with Gasteiger partial charge in [0.2, 0.25) is 23.0 Å². The van der Waals surface area contributed by atoms with Gasteiger partial charge in [-0.3, -0.25) is 64.9 Å². The van der Waals surface area contributed by atoms with Gasteiger partial charge in [0.25, 0.3) is 98.7 Å². The summed E-state index contributed by atoms with van der Waals surface area (Å²) in [5.74, 6) is -9.59. The van der Waals surface area contributed by atoms with Gasteiger partial charge in [0.15, 0.2) is 46.0 Å². The summed E-state index contributed by atoms with van der Waals surface area (Å²) < 4.78 is 333. The van der Waals surface area contributed by atoms with Gasteiger partial charge in [0.1, 0.15) is 0 Å². The van der Waals surface area contributed by atoms with E-state index in [1.165, 1.54) is 48.5 Å². The van der Waals surface area contributed by atoms with Gasteiger partial charge in [0, 0.05) is 74.5 Å². The summed E-state index contributed by atoms with van der Waals surface area (Å²) in [6.07, 6.45) is 9.04. The summed E-state index contributed by atoms with van der Waals surface area (Å²) in [5.41, 5.74) is 1.54. The number of carbonyl (C=O) groups is 4. The number of aryl methyl sites for hydroxylation is 6. The SMILES string of the molecule is CCCOc1cc(C(=O)NCCCn2cc(CCCCOc3cc(C(=O)O)cc(OCCCCc4cn(CCCNC(=O)c5cc(OCCCS(=O)(=O)O)c(OCCCS(=O)(=O)O)c(OCCCS(=O)(=O)O)c5)nn4)c3OCCCCc3cn(CCCNC(=O)c4cc(OCCCS(=O)(=O)O)c(OCCCS(=O)(=O)O)c(OCCCS(=O)(=O)O)c4)nn3)nn2)cc(OCCCS(=O)(=O)O)c1OCCCS(=O)(=O)O. The van der Waals surface area contributed by atoms with E-state index in [1.54, 1.807) is 32.6 Å². The van der Waals surface area contributed by atoms with Crippen LogP contribution in [0.1, 0.15) is 181 Å². The summed E-state index contributed by atoms with van der Waals surface area (Å²) in [4.78, 5) is 53.8. The van der Waals surface area contributed by atoms with Crippen LogP contribution in [-0.4, -0.2) is 322 Å². The molecule has 0 radical (unpaired) electrons. The zero-order valence-electron chi connectivity index (χ0n) is 78.0. The Hall–Kier alpha value is -10.9. The average Bonchev–Trinajstić information content (AvgIpc) is 1.05. The van der Waals surface area contributed by atoms with E-state index in [9.17, 15) is 128 Å². The number of aromatic nitrogens is 9.